The third-order valence-electron chi connectivity index (χ3n) is 2.34. The number of Topliss-reactive ketones (excluding diaryl/α,β-unsaturated/α-hetero) is 1. The van der Waals surface area contributed by atoms with Gasteiger partial charge in [-0.05, 0) is 6.92 Å². The molecule has 0 bridgehead atoms. The first kappa shape index (κ1) is 11.2. The van der Waals surface area contributed by atoms with Crippen LogP contribution in [-0.2, 0) is 14.3 Å². The highest BCUT2D eigenvalue weighted by Gasteiger charge is 2.19. The SMILES string of the molecule is CCOCCC(=O)N1CCC(=O)CC1. The summed E-state index contributed by atoms with van der Waals surface area (Å²) >= 11 is 0. The van der Waals surface area contributed by atoms with Gasteiger partial charge in [0.25, 0.3) is 0 Å². The minimum Gasteiger partial charge on any atom is -0.381 e. The lowest BCUT2D eigenvalue weighted by atomic mass is 10.1. The third-order valence-corrected chi connectivity index (χ3v) is 2.34. The van der Waals surface area contributed by atoms with Crippen molar-refractivity contribution in [2.24, 2.45) is 0 Å². The number of amides is 1. The molecular weight excluding hydrogens is 182 g/mol. The number of carbonyl (C=O) groups is 2. The van der Waals surface area contributed by atoms with E-state index in [0.717, 1.165) is 0 Å². The van der Waals surface area contributed by atoms with Crippen LogP contribution in [0, 0.1) is 0 Å². The number of ketones is 1. The first-order chi connectivity index (χ1) is 6.74. The van der Waals surface area contributed by atoms with Gasteiger partial charge in [-0.25, -0.2) is 0 Å². The standard InChI is InChI=1S/C10H17NO3/c1-2-14-8-5-10(13)11-6-3-9(12)4-7-11/h2-8H2,1H3. The zero-order valence-electron chi connectivity index (χ0n) is 8.62. The van der Waals surface area contributed by atoms with Crippen LogP contribution < -0.4 is 0 Å². The molecule has 1 saturated heterocycles. The molecule has 0 N–H and O–H groups in total. The van der Waals surface area contributed by atoms with E-state index in [1.807, 2.05) is 6.92 Å². The molecular formula is C10H17NO3. The van der Waals surface area contributed by atoms with Crippen LogP contribution >= 0.6 is 0 Å². The van der Waals surface area contributed by atoms with Gasteiger partial charge in [0.1, 0.15) is 5.78 Å². The fourth-order valence-electron chi connectivity index (χ4n) is 1.47. The van der Waals surface area contributed by atoms with Gasteiger partial charge in [-0.3, -0.25) is 9.59 Å². The Labute approximate surface area is 84.2 Å². The van der Waals surface area contributed by atoms with Crippen LogP contribution in [0.25, 0.3) is 0 Å². The number of hydrogen-bond donors (Lipinski definition) is 0. The van der Waals surface area contributed by atoms with E-state index >= 15 is 0 Å². The molecule has 0 atom stereocenters. The molecule has 0 spiro atoms. The van der Waals surface area contributed by atoms with E-state index in [1.165, 1.54) is 0 Å². The minimum absolute atomic E-state index is 0.103. The van der Waals surface area contributed by atoms with Crippen LogP contribution in [0.4, 0.5) is 0 Å². The van der Waals surface area contributed by atoms with E-state index in [9.17, 15) is 9.59 Å². The molecule has 0 radical (unpaired) electrons. The summed E-state index contributed by atoms with van der Waals surface area (Å²) < 4.78 is 5.10. The summed E-state index contributed by atoms with van der Waals surface area (Å²) in [6.45, 7) is 4.21. The second-order valence-corrected chi connectivity index (χ2v) is 3.37. The van der Waals surface area contributed by atoms with Crippen LogP contribution in [-0.4, -0.2) is 42.9 Å². The lowest BCUT2D eigenvalue weighted by Gasteiger charge is -2.25. The molecule has 1 aliphatic rings. The van der Waals surface area contributed by atoms with Crippen molar-refractivity contribution in [3.05, 3.63) is 0 Å². The molecule has 0 aliphatic carbocycles. The van der Waals surface area contributed by atoms with E-state index in [1.54, 1.807) is 4.90 Å². The number of rotatable bonds is 4. The average Bonchev–Trinajstić information content (AvgIpc) is 2.19. The van der Waals surface area contributed by atoms with Gasteiger partial charge in [-0.1, -0.05) is 0 Å². The Morgan fingerprint density at radius 2 is 2.07 bits per heavy atom. The Balaban J connectivity index is 2.20. The lowest BCUT2D eigenvalue weighted by Crippen LogP contribution is -2.38. The number of ether oxygens (including phenoxy) is 1. The van der Waals surface area contributed by atoms with Crippen LogP contribution in [0.3, 0.4) is 0 Å². The molecule has 1 rings (SSSR count). The smallest absolute Gasteiger partial charge is 0.224 e. The predicted molar refractivity (Wildman–Crippen MR) is 51.9 cm³/mol. The molecule has 4 heteroatoms. The van der Waals surface area contributed by atoms with Crippen LogP contribution in [0.15, 0.2) is 0 Å². The fourth-order valence-corrected chi connectivity index (χ4v) is 1.47. The topological polar surface area (TPSA) is 46.6 Å². The van der Waals surface area contributed by atoms with Crippen molar-refractivity contribution in [1.82, 2.24) is 4.90 Å². The van der Waals surface area contributed by atoms with Crippen molar-refractivity contribution in [1.29, 1.82) is 0 Å². The molecule has 14 heavy (non-hydrogen) atoms. The Hall–Kier alpha value is -0.900. The monoisotopic (exact) mass is 199 g/mol. The van der Waals surface area contributed by atoms with Crippen LogP contribution in [0.5, 0.6) is 0 Å². The van der Waals surface area contributed by atoms with Gasteiger partial charge in [0.2, 0.25) is 5.91 Å². The van der Waals surface area contributed by atoms with Gasteiger partial charge in [0.15, 0.2) is 0 Å². The largest absolute Gasteiger partial charge is 0.381 e. The van der Waals surface area contributed by atoms with Gasteiger partial charge in [0, 0.05) is 32.5 Å². The normalized spacial score (nSPS) is 17.2. The summed E-state index contributed by atoms with van der Waals surface area (Å²) in [6, 6.07) is 0. The Kier molecular flexibility index (Phi) is 4.59. The highest BCUT2D eigenvalue weighted by Crippen LogP contribution is 2.07. The van der Waals surface area contributed by atoms with Gasteiger partial charge in [0.05, 0.1) is 13.0 Å². The van der Waals surface area contributed by atoms with E-state index < -0.39 is 0 Å². The molecule has 1 fully saturated rings. The molecule has 1 amide bonds. The van der Waals surface area contributed by atoms with E-state index in [-0.39, 0.29) is 11.7 Å². The zero-order valence-corrected chi connectivity index (χ0v) is 8.62. The minimum atomic E-state index is 0.103. The Bertz CT molecular complexity index is 205. The Morgan fingerprint density at radius 3 is 2.64 bits per heavy atom. The molecule has 0 aromatic carbocycles. The molecule has 4 nitrogen and oxygen atoms in total. The van der Waals surface area contributed by atoms with Crippen LogP contribution in [0.2, 0.25) is 0 Å². The second-order valence-electron chi connectivity index (χ2n) is 3.37. The third kappa shape index (κ3) is 3.46. The van der Waals surface area contributed by atoms with E-state index in [0.29, 0.717) is 45.6 Å². The lowest BCUT2D eigenvalue weighted by molar-refractivity contribution is -0.135. The van der Waals surface area contributed by atoms with Crippen molar-refractivity contribution in [3.63, 3.8) is 0 Å². The molecule has 0 unspecified atom stereocenters. The van der Waals surface area contributed by atoms with Crippen molar-refractivity contribution >= 4 is 11.7 Å². The quantitative estimate of drug-likeness (QED) is 0.623. The molecule has 80 valence electrons. The predicted octanol–water partition coefficient (Wildman–Crippen LogP) is 0.605. The molecule has 1 heterocycles. The van der Waals surface area contributed by atoms with Gasteiger partial charge >= 0.3 is 0 Å². The molecule has 1 aliphatic heterocycles. The second kappa shape index (κ2) is 5.75. The maximum absolute atomic E-state index is 11.5. The molecule has 0 aromatic rings. The van der Waals surface area contributed by atoms with Gasteiger partial charge in [-0.15, -0.1) is 0 Å². The zero-order chi connectivity index (χ0) is 10.4. The molecule has 0 saturated carbocycles. The van der Waals surface area contributed by atoms with Gasteiger partial charge < -0.3 is 9.64 Å². The summed E-state index contributed by atoms with van der Waals surface area (Å²) in [6.07, 6.45) is 1.46. The number of piperidine rings is 1. The van der Waals surface area contributed by atoms with Crippen molar-refractivity contribution < 1.29 is 14.3 Å². The molecule has 0 aromatic heterocycles. The fraction of sp³-hybridized carbons (Fsp3) is 0.800. The Morgan fingerprint density at radius 1 is 1.43 bits per heavy atom. The summed E-state index contributed by atoms with van der Waals surface area (Å²) in [5.74, 6) is 0.366. The summed E-state index contributed by atoms with van der Waals surface area (Å²) in [7, 11) is 0. The van der Waals surface area contributed by atoms with Crippen molar-refractivity contribution in [2.75, 3.05) is 26.3 Å². The number of likely N-dealkylation sites (tertiary alicyclic amines) is 1. The maximum atomic E-state index is 11.5. The summed E-state index contributed by atoms with van der Waals surface area (Å²) in [5, 5.41) is 0. The van der Waals surface area contributed by atoms with Crippen molar-refractivity contribution in [3.8, 4) is 0 Å². The number of nitrogens with zero attached hydrogens (tertiary/aromatic N) is 1. The summed E-state index contributed by atoms with van der Waals surface area (Å²) in [4.78, 5) is 24.2. The highest BCUT2D eigenvalue weighted by atomic mass is 16.5. The van der Waals surface area contributed by atoms with Crippen molar-refractivity contribution in [2.45, 2.75) is 26.2 Å². The number of carbonyl (C=O) groups excluding carboxylic acids is 2. The van der Waals surface area contributed by atoms with Gasteiger partial charge in [-0.2, -0.15) is 0 Å². The first-order valence-corrected chi connectivity index (χ1v) is 5.11. The van der Waals surface area contributed by atoms with E-state index in [2.05, 4.69) is 0 Å². The summed E-state index contributed by atoms with van der Waals surface area (Å²) in [5.41, 5.74) is 0. The number of hydrogen-bond acceptors (Lipinski definition) is 3. The maximum Gasteiger partial charge on any atom is 0.224 e. The van der Waals surface area contributed by atoms with E-state index in [4.69, 9.17) is 4.74 Å². The highest BCUT2D eigenvalue weighted by molar-refractivity contribution is 5.83. The first-order valence-electron chi connectivity index (χ1n) is 5.11. The van der Waals surface area contributed by atoms with Crippen LogP contribution in [0.1, 0.15) is 26.2 Å². The average molecular weight is 199 g/mol.